The number of carbonyl (C=O) groups excluding carboxylic acids is 2. The molecule has 0 aliphatic heterocycles. The quantitative estimate of drug-likeness (QED) is 0.339. The lowest BCUT2D eigenvalue weighted by Crippen LogP contribution is -2.57. The van der Waals surface area contributed by atoms with Crippen LogP contribution in [0.2, 0.25) is 9.36 Å². The van der Waals surface area contributed by atoms with Gasteiger partial charge in [0, 0.05) is 27.4 Å². The van der Waals surface area contributed by atoms with E-state index in [1.54, 1.807) is 36.4 Å². The van der Waals surface area contributed by atoms with Crippen LogP contribution in [0.15, 0.2) is 60.7 Å². The van der Waals surface area contributed by atoms with Crippen LogP contribution in [0.4, 0.5) is 0 Å². The van der Waals surface area contributed by atoms with E-state index in [9.17, 15) is 19.5 Å². The van der Waals surface area contributed by atoms with Gasteiger partial charge in [-0.1, -0.05) is 47.5 Å². The SMILES string of the molecule is CC(C)(Cc1ccc(Cl)cc1)N(C(=O)c1cccc(-c2ccc(Cl)s2)c1)[C@@H](CCC(N)=O)C(=O)O. The standard InChI is InChI=1S/C26H26Cl2N2O4S/c1-26(2,15-16-6-8-19(27)9-7-16)30(20(25(33)34)10-13-23(29)31)24(32)18-5-3-4-17(14-18)21-11-12-22(28)35-21/h3-9,11-12,14,20H,10,13,15H2,1-2H3,(H2,29,31)(H,33,34)/t20-/m0/s1. The third-order valence-corrected chi connectivity index (χ3v) is 7.18. The fraction of sp³-hybridized carbons (Fsp3) is 0.269. The molecule has 0 bridgehead atoms. The van der Waals surface area contributed by atoms with E-state index in [1.807, 2.05) is 38.1 Å². The maximum Gasteiger partial charge on any atom is 0.326 e. The second kappa shape index (κ2) is 11.2. The van der Waals surface area contributed by atoms with Crippen molar-refractivity contribution < 1.29 is 19.5 Å². The first-order valence-electron chi connectivity index (χ1n) is 10.9. The minimum absolute atomic E-state index is 0.0965. The number of aliphatic carboxylic acids is 1. The van der Waals surface area contributed by atoms with Gasteiger partial charge in [-0.3, -0.25) is 9.59 Å². The number of thiophene rings is 1. The molecule has 2 amide bonds. The third-order valence-electron chi connectivity index (χ3n) is 5.65. The van der Waals surface area contributed by atoms with Crippen molar-refractivity contribution in [1.29, 1.82) is 0 Å². The Balaban J connectivity index is 2.04. The van der Waals surface area contributed by atoms with Crippen LogP contribution in [-0.2, 0) is 16.0 Å². The first-order valence-corrected chi connectivity index (χ1v) is 12.5. The van der Waals surface area contributed by atoms with Crippen molar-refractivity contribution in [2.24, 2.45) is 5.73 Å². The second-order valence-electron chi connectivity index (χ2n) is 8.83. The lowest BCUT2D eigenvalue weighted by atomic mass is 9.89. The molecule has 1 aromatic heterocycles. The zero-order valence-electron chi connectivity index (χ0n) is 19.3. The highest BCUT2D eigenvalue weighted by Gasteiger charge is 2.40. The molecule has 3 N–H and O–H groups in total. The molecule has 3 rings (SSSR count). The van der Waals surface area contributed by atoms with E-state index >= 15 is 0 Å². The number of halogens is 2. The highest BCUT2D eigenvalue weighted by molar-refractivity contribution is 7.19. The summed E-state index contributed by atoms with van der Waals surface area (Å²) in [5, 5.41) is 10.7. The Morgan fingerprint density at radius 2 is 1.74 bits per heavy atom. The monoisotopic (exact) mass is 532 g/mol. The largest absolute Gasteiger partial charge is 0.480 e. The summed E-state index contributed by atoms with van der Waals surface area (Å²) in [6.07, 6.45) is 0.114. The third kappa shape index (κ3) is 6.84. The van der Waals surface area contributed by atoms with Gasteiger partial charge < -0.3 is 15.7 Å². The first-order chi connectivity index (χ1) is 16.5. The first kappa shape index (κ1) is 26.7. The number of carboxylic acids is 1. The molecule has 9 heteroatoms. The Hall–Kier alpha value is -2.87. The molecule has 0 spiro atoms. The Morgan fingerprint density at radius 1 is 1.06 bits per heavy atom. The molecule has 6 nitrogen and oxygen atoms in total. The number of amides is 2. The molecular formula is C26H26Cl2N2O4S. The number of primary amides is 1. The predicted octanol–water partition coefficient (Wildman–Crippen LogP) is 5.90. The minimum atomic E-state index is -1.25. The summed E-state index contributed by atoms with van der Waals surface area (Å²) in [7, 11) is 0. The van der Waals surface area contributed by atoms with Gasteiger partial charge in [-0.05, 0) is 74.2 Å². The normalized spacial score (nSPS) is 12.2. The average Bonchev–Trinajstić information content (AvgIpc) is 3.23. The van der Waals surface area contributed by atoms with Crippen LogP contribution in [0.3, 0.4) is 0 Å². The van der Waals surface area contributed by atoms with Gasteiger partial charge >= 0.3 is 5.97 Å². The van der Waals surface area contributed by atoms with Gasteiger partial charge in [0.05, 0.1) is 4.34 Å². The highest BCUT2D eigenvalue weighted by Crippen LogP contribution is 2.33. The van der Waals surface area contributed by atoms with E-state index in [1.165, 1.54) is 16.2 Å². The number of carboxylic acid groups (broad SMARTS) is 1. The number of benzene rings is 2. The smallest absolute Gasteiger partial charge is 0.326 e. The van der Waals surface area contributed by atoms with Gasteiger partial charge in [0.1, 0.15) is 6.04 Å². The number of carbonyl (C=O) groups is 3. The van der Waals surface area contributed by atoms with Crippen LogP contribution in [0, 0.1) is 0 Å². The zero-order chi connectivity index (χ0) is 25.8. The fourth-order valence-electron chi connectivity index (χ4n) is 4.08. The lowest BCUT2D eigenvalue weighted by molar-refractivity contribution is -0.144. The molecule has 0 saturated heterocycles. The molecule has 184 valence electrons. The summed E-state index contributed by atoms with van der Waals surface area (Å²) in [5.41, 5.74) is 6.40. The van der Waals surface area contributed by atoms with E-state index in [2.05, 4.69) is 0 Å². The Labute approximate surface area is 218 Å². The summed E-state index contributed by atoms with van der Waals surface area (Å²) >= 11 is 13.5. The van der Waals surface area contributed by atoms with E-state index in [0.29, 0.717) is 21.3 Å². The van der Waals surface area contributed by atoms with Gasteiger partial charge in [0.2, 0.25) is 5.91 Å². The van der Waals surface area contributed by atoms with Gasteiger partial charge in [-0.25, -0.2) is 4.79 Å². The summed E-state index contributed by atoms with van der Waals surface area (Å²) in [6, 6.07) is 16.6. The van der Waals surface area contributed by atoms with Crippen LogP contribution >= 0.6 is 34.5 Å². The van der Waals surface area contributed by atoms with Crippen molar-refractivity contribution in [2.45, 2.75) is 44.7 Å². The van der Waals surface area contributed by atoms with Gasteiger partial charge in [0.25, 0.3) is 5.91 Å². The molecule has 1 heterocycles. The van der Waals surface area contributed by atoms with E-state index in [0.717, 1.165) is 16.0 Å². The molecular weight excluding hydrogens is 507 g/mol. The van der Waals surface area contributed by atoms with Crippen LogP contribution in [0.25, 0.3) is 10.4 Å². The Morgan fingerprint density at radius 3 is 2.31 bits per heavy atom. The summed E-state index contributed by atoms with van der Waals surface area (Å²) in [6.45, 7) is 3.62. The summed E-state index contributed by atoms with van der Waals surface area (Å²) < 4.78 is 0.625. The number of rotatable bonds is 10. The maximum atomic E-state index is 13.9. The predicted molar refractivity (Wildman–Crippen MR) is 140 cm³/mol. The van der Waals surface area contributed by atoms with Crippen molar-refractivity contribution in [3.05, 3.63) is 81.1 Å². The van der Waals surface area contributed by atoms with Crippen molar-refractivity contribution in [3.63, 3.8) is 0 Å². The van der Waals surface area contributed by atoms with Gasteiger partial charge in [-0.15, -0.1) is 11.3 Å². The van der Waals surface area contributed by atoms with Crippen LogP contribution in [-0.4, -0.2) is 39.4 Å². The molecule has 35 heavy (non-hydrogen) atoms. The highest BCUT2D eigenvalue weighted by atomic mass is 35.5. The summed E-state index contributed by atoms with van der Waals surface area (Å²) in [5.74, 6) is -2.29. The molecule has 0 radical (unpaired) electrons. The molecule has 2 aromatic carbocycles. The van der Waals surface area contributed by atoms with Crippen LogP contribution < -0.4 is 5.73 Å². The molecule has 0 fully saturated rings. The number of hydrogen-bond donors (Lipinski definition) is 2. The average molecular weight is 533 g/mol. The van der Waals surface area contributed by atoms with Crippen molar-refractivity contribution in [3.8, 4) is 10.4 Å². The van der Waals surface area contributed by atoms with Crippen LogP contribution in [0.1, 0.15) is 42.6 Å². The van der Waals surface area contributed by atoms with Crippen LogP contribution in [0.5, 0.6) is 0 Å². The zero-order valence-corrected chi connectivity index (χ0v) is 21.7. The topological polar surface area (TPSA) is 101 Å². The number of nitrogens with two attached hydrogens (primary N) is 1. The van der Waals surface area contributed by atoms with E-state index < -0.39 is 29.4 Å². The fourth-order valence-corrected chi connectivity index (χ4v) is 5.25. The van der Waals surface area contributed by atoms with E-state index in [-0.39, 0.29) is 12.8 Å². The van der Waals surface area contributed by atoms with Gasteiger partial charge in [-0.2, -0.15) is 0 Å². The second-order valence-corrected chi connectivity index (χ2v) is 11.0. The van der Waals surface area contributed by atoms with Crippen molar-refractivity contribution >= 4 is 52.3 Å². The number of nitrogens with zero attached hydrogens (tertiary/aromatic N) is 1. The molecule has 1 atom stereocenters. The molecule has 0 aliphatic rings. The van der Waals surface area contributed by atoms with Crippen molar-refractivity contribution in [1.82, 2.24) is 4.90 Å². The van der Waals surface area contributed by atoms with E-state index in [4.69, 9.17) is 28.9 Å². The maximum absolute atomic E-state index is 13.9. The lowest BCUT2D eigenvalue weighted by Gasteiger charge is -2.42. The number of hydrogen-bond acceptors (Lipinski definition) is 4. The molecule has 0 saturated carbocycles. The Kier molecular flexibility index (Phi) is 8.59. The molecule has 0 aliphatic carbocycles. The van der Waals surface area contributed by atoms with Gasteiger partial charge in [0.15, 0.2) is 0 Å². The van der Waals surface area contributed by atoms with Crippen molar-refractivity contribution in [2.75, 3.05) is 0 Å². The Bertz CT molecular complexity index is 1220. The summed E-state index contributed by atoms with van der Waals surface area (Å²) in [4.78, 5) is 40.0. The minimum Gasteiger partial charge on any atom is -0.480 e. The molecule has 0 unspecified atom stereocenters. The molecule has 3 aromatic rings.